The van der Waals surface area contributed by atoms with E-state index in [0.717, 1.165) is 24.4 Å². The van der Waals surface area contributed by atoms with Crippen molar-refractivity contribution in [2.75, 3.05) is 13.1 Å². The molecule has 1 heterocycles. The van der Waals surface area contributed by atoms with Crippen molar-refractivity contribution in [2.45, 2.75) is 32.6 Å². The molecule has 1 saturated carbocycles. The molecule has 1 aliphatic carbocycles. The van der Waals surface area contributed by atoms with Gasteiger partial charge in [0.1, 0.15) is 0 Å². The van der Waals surface area contributed by atoms with Crippen molar-refractivity contribution in [3.63, 3.8) is 0 Å². The molecule has 66 valence electrons. The van der Waals surface area contributed by atoms with Crippen molar-refractivity contribution in [1.82, 2.24) is 4.90 Å². The standard InChI is InChI=1S/C11H17N/c1-3-12-7-6-11(4-5-11)8-10(2)9-12/h1,10H,4-9H2,2H3. The molecule has 1 spiro atoms. The highest BCUT2D eigenvalue weighted by molar-refractivity contribution is 4.99. The SMILES string of the molecule is C#CN1CCC2(CC2)CC(C)C1. The van der Waals surface area contributed by atoms with E-state index in [9.17, 15) is 0 Å². The van der Waals surface area contributed by atoms with E-state index in [1.165, 1.54) is 25.7 Å². The summed E-state index contributed by atoms with van der Waals surface area (Å²) in [7, 11) is 0. The van der Waals surface area contributed by atoms with E-state index < -0.39 is 0 Å². The summed E-state index contributed by atoms with van der Waals surface area (Å²) < 4.78 is 0. The molecule has 1 saturated heterocycles. The Bertz CT molecular complexity index is 210. The Morgan fingerprint density at radius 1 is 1.42 bits per heavy atom. The Morgan fingerprint density at radius 3 is 2.75 bits per heavy atom. The van der Waals surface area contributed by atoms with Crippen molar-refractivity contribution in [3.8, 4) is 12.5 Å². The third kappa shape index (κ3) is 1.43. The molecule has 12 heavy (non-hydrogen) atoms. The number of hydrogen-bond donors (Lipinski definition) is 0. The zero-order valence-electron chi connectivity index (χ0n) is 7.84. The van der Waals surface area contributed by atoms with Gasteiger partial charge in [0.05, 0.1) is 0 Å². The molecule has 0 N–H and O–H groups in total. The fourth-order valence-corrected chi connectivity index (χ4v) is 2.49. The molecule has 1 aliphatic heterocycles. The zero-order chi connectivity index (χ0) is 8.60. The molecule has 0 amide bonds. The van der Waals surface area contributed by atoms with Crippen molar-refractivity contribution >= 4 is 0 Å². The lowest BCUT2D eigenvalue weighted by Crippen LogP contribution is -2.21. The Balaban J connectivity index is 2.01. The molecule has 2 rings (SSSR count). The van der Waals surface area contributed by atoms with Crippen molar-refractivity contribution < 1.29 is 0 Å². The lowest BCUT2D eigenvalue weighted by atomic mass is 9.92. The number of likely N-dealkylation sites (tertiary alicyclic amines) is 1. The normalized spacial score (nSPS) is 32.7. The minimum Gasteiger partial charge on any atom is -0.333 e. The van der Waals surface area contributed by atoms with Gasteiger partial charge in [-0.05, 0) is 37.0 Å². The Hall–Kier alpha value is -0.640. The lowest BCUT2D eigenvalue weighted by molar-refractivity contribution is 0.361. The van der Waals surface area contributed by atoms with E-state index in [-0.39, 0.29) is 0 Å². The first kappa shape index (κ1) is 7.98. The highest BCUT2D eigenvalue weighted by atomic mass is 15.1. The predicted octanol–water partition coefficient (Wildman–Crippen LogP) is 2.09. The smallest absolute Gasteiger partial charge is 0.0286 e. The second-order valence-corrected chi connectivity index (χ2v) is 4.63. The number of terminal acetylenes is 1. The Morgan fingerprint density at radius 2 is 2.17 bits per heavy atom. The second-order valence-electron chi connectivity index (χ2n) is 4.63. The molecule has 1 nitrogen and oxygen atoms in total. The van der Waals surface area contributed by atoms with Crippen molar-refractivity contribution in [2.24, 2.45) is 11.3 Å². The minimum atomic E-state index is 0.727. The van der Waals surface area contributed by atoms with Crippen LogP contribution in [-0.2, 0) is 0 Å². The molecule has 0 aromatic rings. The van der Waals surface area contributed by atoms with Crippen LogP contribution in [-0.4, -0.2) is 18.0 Å². The van der Waals surface area contributed by atoms with Gasteiger partial charge in [0.2, 0.25) is 0 Å². The van der Waals surface area contributed by atoms with Gasteiger partial charge < -0.3 is 4.90 Å². The quantitative estimate of drug-likeness (QED) is 0.494. The maximum Gasteiger partial charge on any atom is 0.0286 e. The summed E-state index contributed by atoms with van der Waals surface area (Å²) in [5.74, 6) is 0.797. The van der Waals surface area contributed by atoms with Crippen LogP contribution in [0.4, 0.5) is 0 Å². The first-order chi connectivity index (χ1) is 5.74. The highest BCUT2D eigenvalue weighted by Crippen LogP contribution is 2.54. The third-order valence-electron chi connectivity index (χ3n) is 3.37. The van der Waals surface area contributed by atoms with Gasteiger partial charge >= 0.3 is 0 Å². The van der Waals surface area contributed by atoms with Gasteiger partial charge in [0, 0.05) is 19.1 Å². The van der Waals surface area contributed by atoms with Crippen LogP contribution in [0.2, 0.25) is 0 Å². The van der Waals surface area contributed by atoms with Crippen LogP contribution in [0.1, 0.15) is 32.6 Å². The average Bonchev–Trinajstić information content (AvgIpc) is 2.80. The van der Waals surface area contributed by atoms with Crippen LogP contribution in [0.3, 0.4) is 0 Å². The maximum absolute atomic E-state index is 5.42. The molecule has 0 bridgehead atoms. The van der Waals surface area contributed by atoms with Crippen LogP contribution >= 0.6 is 0 Å². The second kappa shape index (κ2) is 2.69. The van der Waals surface area contributed by atoms with E-state index in [1.54, 1.807) is 0 Å². The molecule has 2 aliphatic rings. The lowest BCUT2D eigenvalue weighted by Gasteiger charge is -2.16. The highest BCUT2D eigenvalue weighted by Gasteiger charge is 2.44. The van der Waals surface area contributed by atoms with Crippen LogP contribution in [0.15, 0.2) is 0 Å². The Kier molecular flexibility index (Phi) is 1.79. The van der Waals surface area contributed by atoms with Gasteiger partial charge in [-0.15, -0.1) is 0 Å². The van der Waals surface area contributed by atoms with E-state index >= 15 is 0 Å². The zero-order valence-corrected chi connectivity index (χ0v) is 7.84. The Labute approximate surface area is 75.1 Å². The fourth-order valence-electron chi connectivity index (χ4n) is 2.49. The molecule has 0 aromatic carbocycles. The van der Waals surface area contributed by atoms with Crippen LogP contribution in [0, 0.1) is 23.8 Å². The van der Waals surface area contributed by atoms with Crippen LogP contribution in [0.25, 0.3) is 0 Å². The molecule has 1 unspecified atom stereocenters. The molecule has 1 heteroatoms. The monoisotopic (exact) mass is 163 g/mol. The summed E-state index contributed by atoms with van der Waals surface area (Å²) in [4.78, 5) is 2.15. The first-order valence-corrected chi connectivity index (χ1v) is 4.95. The summed E-state index contributed by atoms with van der Waals surface area (Å²) in [6, 6.07) is 2.77. The van der Waals surface area contributed by atoms with Gasteiger partial charge in [0.25, 0.3) is 0 Å². The summed E-state index contributed by atoms with van der Waals surface area (Å²) in [6.07, 6.45) is 11.1. The number of rotatable bonds is 0. The van der Waals surface area contributed by atoms with Gasteiger partial charge in [-0.2, -0.15) is 0 Å². The molecule has 1 atom stereocenters. The van der Waals surface area contributed by atoms with Gasteiger partial charge in [-0.3, -0.25) is 0 Å². The molecule has 0 radical (unpaired) electrons. The largest absolute Gasteiger partial charge is 0.333 e. The van der Waals surface area contributed by atoms with E-state index in [0.29, 0.717) is 0 Å². The van der Waals surface area contributed by atoms with Crippen molar-refractivity contribution in [1.29, 1.82) is 0 Å². The third-order valence-corrected chi connectivity index (χ3v) is 3.37. The summed E-state index contributed by atoms with van der Waals surface area (Å²) in [5, 5.41) is 0. The predicted molar refractivity (Wildman–Crippen MR) is 50.5 cm³/mol. The number of hydrogen-bond acceptors (Lipinski definition) is 1. The fraction of sp³-hybridized carbons (Fsp3) is 0.818. The summed E-state index contributed by atoms with van der Waals surface area (Å²) >= 11 is 0. The molecule has 0 aromatic heterocycles. The van der Waals surface area contributed by atoms with Gasteiger partial charge in [0.15, 0.2) is 0 Å². The minimum absolute atomic E-state index is 0.727. The van der Waals surface area contributed by atoms with Crippen LogP contribution < -0.4 is 0 Å². The van der Waals surface area contributed by atoms with Gasteiger partial charge in [-0.1, -0.05) is 13.3 Å². The van der Waals surface area contributed by atoms with E-state index in [1.807, 2.05) is 0 Å². The molecular weight excluding hydrogens is 146 g/mol. The number of nitrogens with zero attached hydrogens (tertiary/aromatic N) is 1. The van der Waals surface area contributed by atoms with E-state index in [2.05, 4.69) is 17.9 Å². The van der Waals surface area contributed by atoms with Crippen LogP contribution in [0.5, 0.6) is 0 Å². The van der Waals surface area contributed by atoms with Crippen molar-refractivity contribution in [3.05, 3.63) is 0 Å². The summed E-state index contributed by atoms with van der Waals surface area (Å²) in [6.45, 7) is 4.56. The summed E-state index contributed by atoms with van der Waals surface area (Å²) in [5.41, 5.74) is 0.727. The first-order valence-electron chi connectivity index (χ1n) is 4.95. The van der Waals surface area contributed by atoms with Gasteiger partial charge in [-0.25, -0.2) is 0 Å². The average molecular weight is 163 g/mol. The topological polar surface area (TPSA) is 3.24 Å². The van der Waals surface area contributed by atoms with E-state index in [4.69, 9.17) is 6.42 Å². The molecular formula is C11H17N. The molecule has 2 fully saturated rings. The maximum atomic E-state index is 5.42.